The molecule has 1 heterocycles. The number of ether oxygens (including phenoxy) is 1. The van der Waals surface area contributed by atoms with Gasteiger partial charge in [-0.15, -0.1) is 0 Å². The van der Waals surface area contributed by atoms with Gasteiger partial charge in [-0.1, -0.05) is 20.8 Å². The molecule has 1 fully saturated rings. The summed E-state index contributed by atoms with van der Waals surface area (Å²) < 4.78 is 11.4. The number of rotatable bonds is 4. The van der Waals surface area contributed by atoms with Crippen molar-refractivity contribution in [2.45, 2.75) is 64.5 Å². The molecule has 0 aliphatic carbocycles. The Bertz CT molecular complexity index is 192. The average molecular weight is 216 g/mol. The lowest BCUT2D eigenvalue weighted by Gasteiger charge is -2.38. The summed E-state index contributed by atoms with van der Waals surface area (Å²) >= 11 is 0. The van der Waals surface area contributed by atoms with Gasteiger partial charge in [0.2, 0.25) is 0 Å². The Kier molecular flexibility index (Phi) is 3.44. The van der Waals surface area contributed by atoms with Crippen molar-refractivity contribution in [2.75, 3.05) is 6.61 Å². The van der Waals surface area contributed by atoms with Crippen LogP contribution in [0.1, 0.15) is 34.1 Å². The van der Waals surface area contributed by atoms with Gasteiger partial charge < -0.3 is 9.16 Å². The van der Waals surface area contributed by atoms with E-state index in [2.05, 4.69) is 40.8 Å². The van der Waals surface area contributed by atoms with E-state index in [9.17, 15) is 0 Å². The van der Waals surface area contributed by atoms with Gasteiger partial charge in [0.1, 0.15) is 0 Å². The van der Waals surface area contributed by atoms with Gasteiger partial charge in [0.15, 0.2) is 8.32 Å². The second kappa shape index (κ2) is 3.95. The molecule has 0 amide bonds. The Labute approximate surface area is 89.1 Å². The summed E-state index contributed by atoms with van der Waals surface area (Å²) in [5, 5.41) is 0.311. The van der Waals surface area contributed by atoms with Gasteiger partial charge in [-0.05, 0) is 25.1 Å². The topological polar surface area (TPSA) is 21.8 Å². The normalized spacial score (nSPS) is 24.9. The van der Waals surface area contributed by atoms with Crippen LogP contribution in [0.3, 0.4) is 0 Å². The monoisotopic (exact) mass is 216 g/mol. The highest BCUT2D eigenvalue weighted by Gasteiger charge is 2.39. The van der Waals surface area contributed by atoms with E-state index >= 15 is 0 Å². The van der Waals surface area contributed by atoms with Crippen molar-refractivity contribution in [3.8, 4) is 0 Å². The molecule has 0 aromatic rings. The predicted octanol–water partition coefficient (Wildman–Crippen LogP) is 3.19. The molecule has 0 unspecified atom stereocenters. The fourth-order valence-electron chi connectivity index (χ4n) is 1.30. The van der Waals surface area contributed by atoms with Crippen molar-refractivity contribution in [3.63, 3.8) is 0 Å². The minimum absolute atomic E-state index is 0.311. The highest BCUT2D eigenvalue weighted by molar-refractivity contribution is 6.74. The highest BCUT2D eigenvalue weighted by Crippen LogP contribution is 2.38. The zero-order valence-corrected chi connectivity index (χ0v) is 11.4. The Morgan fingerprint density at radius 1 is 1.43 bits per heavy atom. The first kappa shape index (κ1) is 12.2. The van der Waals surface area contributed by atoms with Gasteiger partial charge in [0.05, 0.1) is 12.7 Å². The number of hydrogen-bond acceptors (Lipinski definition) is 2. The summed E-state index contributed by atoms with van der Waals surface area (Å²) in [6.07, 6.45) is 1.89. The van der Waals surface area contributed by atoms with Crippen LogP contribution in [-0.2, 0) is 9.16 Å². The third-order valence-electron chi connectivity index (χ3n) is 3.30. The third-order valence-corrected chi connectivity index (χ3v) is 7.90. The summed E-state index contributed by atoms with van der Waals surface area (Å²) in [6, 6.07) is 0. The Balaban J connectivity index is 2.39. The molecule has 1 aliphatic heterocycles. The van der Waals surface area contributed by atoms with Gasteiger partial charge >= 0.3 is 0 Å². The molecule has 0 spiro atoms. The molecule has 1 rings (SSSR count). The van der Waals surface area contributed by atoms with Crippen LogP contribution in [-0.4, -0.2) is 27.1 Å². The fourth-order valence-corrected chi connectivity index (χ4v) is 2.76. The maximum atomic E-state index is 6.21. The van der Waals surface area contributed by atoms with Crippen LogP contribution in [0, 0.1) is 0 Å². The predicted molar refractivity (Wildman–Crippen MR) is 62.1 cm³/mol. The van der Waals surface area contributed by atoms with E-state index in [4.69, 9.17) is 9.16 Å². The minimum atomic E-state index is -1.56. The lowest BCUT2D eigenvalue weighted by molar-refractivity contribution is 0.175. The third kappa shape index (κ3) is 3.37. The minimum Gasteiger partial charge on any atom is -0.414 e. The Morgan fingerprint density at radius 3 is 2.29 bits per heavy atom. The van der Waals surface area contributed by atoms with Gasteiger partial charge in [0.25, 0.3) is 0 Å². The lowest BCUT2D eigenvalue weighted by Crippen LogP contribution is -2.43. The zero-order valence-electron chi connectivity index (χ0n) is 10.4. The molecule has 0 N–H and O–H groups in total. The molecule has 0 aromatic carbocycles. The smallest absolute Gasteiger partial charge is 0.192 e. The van der Waals surface area contributed by atoms with Crippen molar-refractivity contribution in [1.82, 2.24) is 0 Å². The van der Waals surface area contributed by atoms with Crippen molar-refractivity contribution in [3.05, 3.63) is 0 Å². The van der Waals surface area contributed by atoms with Crippen molar-refractivity contribution in [2.24, 2.45) is 0 Å². The van der Waals surface area contributed by atoms with Crippen LogP contribution in [0.5, 0.6) is 0 Å². The van der Waals surface area contributed by atoms with Crippen LogP contribution >= 0.6 is 0 Å². The maximum Gasteiger partial charge on any atom is 0.192 e. The number of epoxide rings is 1. The van der Waals surface area contributed by atoms with E-state index in [1.54, 1.807) is 0 Å². The molecule has 0 aromatic heterocycles. The van der Waals surface area contributed by atoms with Crippen LogP contribution in [0.2, 0.25) is 18.1 Å². The van der Waals surface area contributed by atoms with E-state index in [1.165, 1.54) is 0 Å². The average Bonchev–Trinajstić information content (AvgIpc) is 2.66. The van der Waals surface area contributed by atoms with Crippen molar-refractivity contribution < 1.29 is 9.16 Å². The summed E-state index contributed by atoms with van der Waals surface area (Å²) in [5.74, 6) is 0. The molecule has 0 bridgehead atoms. The quantitative estimate of drug-likeness (QED) is 0.532. The van der Waals surface area contributed by atoms with E-state index < -0.39 is 8.32 Å². The highest BCUT2D eigenvalue weighted by atomic mass is 28.4. The molecule has 0 radical (unpaired) electrons. The molecule has 84 valence electrons. The zero-order chi connectivity index (χ0) is 11.0. The molecule has 1 aliphatic rings. The number of hydrogen-bond donors (Lipinski definition) is 0. The summed E-state index contributed by atoms with van der Waals surface area (Å²) in [5.41, 5.74) is 0. The molecule has 14 heavy (non-hydrogen) atoms. The largest absolute Gasteiger partial charge is 0.414 e. The molecule has 2 nitrogen and oxygen atoms in total. The molecule has 1 saturated heterocycles. The molecular weight excluding hydrogens is 192 g/mol. The fraction of sp³-hybridized carbons (Fsp3) is 1.00. The molecule has 3 heteroatoms. The molecule has 0 saturated carbocycles. The molecular formula is C11H24O2Si. The second-order valence-corrected chi connectivity index (χ2v) is 10.6. The van der Waals surface area contributed by atoms with Crippen LogP contribution in [0.4, 0.5) is 0 Å². The maximum absolute atomic E-state index is 6.21. The first-order chi connectivity index (χ1) is 6.22. The SMILES string of the molecule is C[C@@H](C[C@H]1CO1)O[Si](C)(C)C(C)(C)C. The summed E-state index contributed by atoms with van der Waals surface area (Å²) in [4.78, 5) is 0. The standard InChI is InChI=1S/C11H24O2Si/c1-9(7-10-8-12-10)13-14(5,6)11(2,3)4/h9-10H,7-8H2,1-6H3/t9-,10-/m0/s1. The van der Waals surface area contributed by atoms with Crippen LogP contribution < -0.4 is 0 Å². The summed E-state index contributed by atoms with van der Waals surface area (Å²) in [6.45, 7) is 14.5. The first-order valence-electron chi connectivity index (χ1n) is 5.52. The van der Waals surface area contributed by atoms with Crippen molar-refractivity contribution >= 4 is 8.32 Å². The summed E-state index contributed by atoms with van der Waals surface area (Å²) in [7, 11) is -1.56. The van der Waals surface area contributed by atoms with E-state index in [0.29, 0.717) is 17.2 Å². The Hall–Kier alpha value is 0.137. The van der Waals surface area contributed by atoms with Crippen molar-refractivity contribution in [1.29, 1.82) is 0 Å². The van der Waals surface area contributed by atoms with E-state index in [-0.39, 0.29) is 0 Å². The van der Waals surface area contributed by atoms with E-state index in [1.807, 2.05) is 0 Å². The molecule has 2 atom stereocenters. The second-order valence-electron chi connectivity index (χ2n) is 5.88. The van der Waals surface area contributed by atoms with E-state index in [0.717, 1.165) is 13.0 Å². The van der Waals surface area contributed by atoms with Crippen LogP contribution in [0.25, 0.3) is 0 Å². The van der Waals surface area contributed by atoms with Crippen LogP contribution in [0.15, 0.2) is 0 Å². The van der Waals surface area contributed by atoms with Gasteiger partial charge in [-0.25, -0.2) is 0 Å². The van der Waals surface area contributed by atoms with Gasteiger partial charge in [0, 0.05) is 12.5 Å². The first-order valence-corrected chi connectivity index (χ1v) is 8.42. The lowest BCUT2D eigenvalue weighted by atomic mass is 10.2. The Morgan fingerprint density at radius 2 is 1.93 bits per heavy atom. The van der Waals surface area contributed by atoms with Gasteiger partial charge in [-0.3, -0.25) is 0 Å². The van der Waals surface area contributed by atoms with Gasteiger partial charge in [-0.2, -0.15) is 0 Å².